The highest BCUT2D eigenvalue weighted by atomic mass is 16.2. The Balaban J connectivity index is 1.90. The molecule has 1 N–H and O–H groups in total. The van der Waals surface area contributed by atoms with Crippen LogP contribution in [0.4, 0.5) is 5.82 Å². The first-order valence-electron chi connectivity index (χ1n) is 6.22. The van der Waals surface area contributed by atoms with Crippen LogP contribution in [0.2, 0.25) is 0 Å². The van der Waals surface area contributed by atoms with Crippen molar-refractivity contribution in [2.75, 3.05) is 24.5 Å². The van der Waals surface area contributed by atoms with Gasteiger partial charge in [-0.1, -0.05) is 30.3 Å². The molecule has 0 bridgehead atoms. The summed E-state index contributed by atoms with van der Waals surface area (Å²) in [5.74, 6) is 0.829. The Bertz CT molecular complexity index is 585. The predicted molar refractivity (Wildman–Crippen MR) is 72.7 cm³/mol. The third kappa shape index (κ3) is 2.54. The minimum atomic E-state index is 0.0334. The van der Waals surface area contributed by atoms with E-state index in [1.54, 1.807) is 6.33 Å². The summed E-state index contributed by atoms with van der Waals surface area (Å²) in [6, 6.07) is 11.9. The summed E-state index contributed by atoms with van der Waals surface area (Å²) in [6.07, 6.45) is 1.55. The molecule has 0 spiro atoms. The van der Waals surface area contributed by atoms with Crippen LogP contribution in [0, 0.1) is 0 Å². The first kappa shape index (κ1) is 11.6. The maximum Gasteiger partial charge on any atom is 0.239 e. The second kappa shape index (κ2) is 5.06. The summed E-state index contributed by atoms with van der Waals surface area (Å²) in [6.45, 7) is 1.78. The number of nitrogens with zero attached hydrogens (tertiary/aromatic N) is 3. The summed E-state index contributed by atoms with van der Waals surface area (Å²) in [5.41, 5.74) is 1.92. The fourth-order valence-electron chi connectivity index (χ4n) is 2.12. The molecule has 1 amide bonds. The maximum absolute atomic E-state index is 11.4. The maximum atomic E-state index is 11.4. The number of aromatic nitrogens is 2. The van der Waals surface area contributed by atoms with Gasteiger partial charge in [0.15, 0.2) is 0 Å². The summed E-state index contributed by atoms with van der Waals surface area (Å²) in [5, 5.41) is 2.80. The molecule has 1 aliphatic heterocycles. The summed E-state index contributed by atoms with van der Waals surface area (Å²) in [4.78, 5) is 21.9. The van der Waals surface area contributed by atoms with E-state index in [9.17, 15) is 4.79 Å². The van der Waals surface area contributed by atoms with Crippen LogP contribution in [0.5, 0.6) is 0 Å². The second-order valence-corrected chi connectivity index (χ2v) is 4.40. The number of piperazine rings is 1. The molecule has 1 aromatic heterocycles. The Morgan fingerprint density at radius 3 is 2.79 bits per heavy atom. The molecule has 0 unspecified atom stereocenters. The molecular weight excluding hydrogens is 240 g/mol. The van der Waals surface area contributed by atoms with Crippen molar-refractivity contribution in [3.05, 3.63) is 42.7 Å². The molecule has 0 saturated carbocycles. The highest BCUT2D eigenvalue weighted by Gasteiger charge is 2.17. The molecule has 1 fully saturated rings. The number of carbonyl (C=O) groups excluding carboxylic acids is 1. The number of anilines is 1. The van der Waals surface area contributed by atoms with E-state index in [0.717, 1.165) is 23.6 Å². The van der Waals surface area contributed by atoms with Crippen LogP contribution >= 0.6 is 0 Å². The van der Waals surface area contributed by atoms with Crippen molar-refractivity contribution in [2.24, 2.45) is 0 Å². The molecule has 0 atom stereocenters. The number of hydrogen-bond donors (Lipinski definition) is 1. The average Bonchev–Trinajstić information content (AvgIpc) is 2.48. The number of hydrogen-bond acceptors (Lipinski definition) is 4. The predicted octanol–water partition coefficient (Wildman–Crippen LogP) is 1.08. The first-order chi connectivity index (χ1) is 9.33. The Kier molecular flexibility index (Phi) is 3.10. The van der Waals surface area contributed by atoms with Gasteiger partial charge in [0, 0.05) is 24.7 Å². The van der Waals surface area contributed by atoms with Gasteiger partial charge in [-0.15, -0.1) is 0 Å². The lowest BCUT2D eigenvalue weighted by atomic mass is 10.1. The van der Waals surface area contributed by atoms with Crippen molar-refractivity contribution in [1.82, 2.24) is 15.3 Å². The zero-order valence-electron chi connectivity index (χ0n) is 10.4. The van der Waals surface area contributed by atoms with Crippen LogP contribution in [0.1, 0.15) is 0 Å². The Morgan fingerprint density at radius 2 is 2.00 bits per heavy atom. The van der Waals surface area contributed by atoms with E-state index in [4.69, 9.17) is 0 Å². The molecule has 96 valence electrons. The SMILES string of the molecule is O=C1CN(c2cc(-c3ccccc3)ncn2)CCN1. The molecule has 0 radical (unpaired) electrons. The summed E-state index contributed by atoms with van der Waals surface area (Å²) >= 11 is 0. The van der Waals surface area contributed by atoms with Gasteiger partial charge in [-0.25, -0.2) is 9.97 Å². The van der Waals surface area contributed by atoms with E-state index in [1.165, 1.54) is 0 Å². The minimum absolute atomic E-state index is 0.0334. The van der Waals surface area contributed by atoms with Gasteiger partial charge in [0.1, 0.15) is 12.1 Å². The largest absolute Gasteiger partial charge is 0.353 e. The van der Waals surface area contributed by atoms with E-state index in [2.05, 4.69) is 15.3 Å². The van der Waals surface area contributed by atoms with Crippen molar-refractivity contribution < 1.29 is 4.79 Å². The normalized spacial score (nSPS) is 15.2. The first-order valence-corrected chi connectivity index (χ1v) is 6.22. The standard InChI is InChI=1S/C14H14N4O/c19-14-9-18(7-6-15-14)13-8-12(16-10-17-13)11-4-2-1-3-5-11/h1-5,8,10H,6-7,9H2,(H,15,19). The third-order valence-corrected chi connectivity index (χ3v) is 3.08. The number of nitrogens with one attached hydrogen (secondary N) is 1. The topological polar surface area (TPSA) is 58.1 Å². The van der Waals surface area contributed by atoms with Crippen molar-refractivity contribution in [3.8, 4) is 11.3 Å². The van der Waals surface area contributed by atoms with E-state index >= 15 is 0 Å². The summed E-state index contributed by atoms with van der Waals surface area (Å²) < 4.78 is 0. The zero-order valence-corrected chi connectivity index (χ0v) is 10.4. The lowest BCUT2D eigenvalue weighted by Crippen LogP contribution is -2.48. The lowest BCUT2D eigenvalue weighted by Gasteiger charge is -2.27. The van der Waals surface area contributed by atoms with E-state index in [0.29, 0.717) is 13.1 Å². The van der Waals surface area contributed by atoms with Gasteiger partial charge in [0.05, 0.1) is 12.2 Å². The van der Waals surface area contributed by atoms with E-state index in [1.807, 2.05) is 41.3 Å². The molecule has 5 nitrogen and oxygen atoms in total. The third-order valence-electron chi connectivity index (χ3n) is 3.08. The van der Waals surface area contributed by atoms with Gasteiger partial charge in [-0.3, -0.25) is 4.79 Å². The lowest BCUT2D eigenvalue weighted by molar-refractivity contribution is -0.120. The van der Waals surface area contributed by atoms with Crippen LogP contribution in [0.25, 0.3) is 11.3 Å². The van der Waals surface area contributed by atoms with Crippen LogP contribution in [-0.2, 0) is 4.79 Å². The number of benzene rings is 1. The molecular formula is C14H14N4O. The van der Waals surface area contributed by atoms with E-state index < -0.39 is 0 Å². The van der Waals surface area contributed by atoms with Gasteiger partial charge < -0.3 is 10.2 Å². The number of amides is 1. The van der Waals surface area contributed by atoms with Gasteiger partial charge >= 0.3 is 0 Å². The average molecular weight is 254 g/mol. The zero-order chi connectivity index (χ0) is 13.1. The fourth-order valence-corrected chi connectivity index (χ4v) is 2.12. The fraction of sp³-hybridized carbons (Fsp3) is 0.214. The second-order valence-electron chi connectivity index (χ2n) is 4.40. The van der Waals surface area contributed by atoms with Crippen molar-refractivity contribution in [3.63, 3.8) is 0 Å². The van der Waals surface area contributed by atoms with Gasteiger partial charge in [0.2, 0.25) is 5.91 Å². The molecule has 19 heavy (non-hydrogen) atoms. The van der Waals surface area contributed by atoms with Crippen molar-refractivity contribution >= 4 is 11.7 Å². The highest BCUT2D eigenvalue weighted by molar-refractivity contribution is 5.82. The van der Waals surface area contributed by atoms with Gasteiger partial charge in [-0.2, -0.15) is 0 Å². The Labute approximate surface area is 111 Å². The van der Waals surface area contributed by atoms with E-state index in [-0.39, 0.29) is 5.91 Å². The van der Waals surface area contributed by atoms with Gasteiger partial charge in [-0.05, 0) is 0 Å². The van der Waals surface area contributed by atoms with Crippen LogP contribution in [-0.4, -0.2) is 35.5 Å². The van der Waals surface area contributed by atoms with Crippen LogP contribution in [0.15, 0.2) is 42.7 Å². The molecule has 1 aromatic carbocycles. The molecule has 5 heteroatoms. The Hall–Kier alpha value is -2.43. The van der Waals surface area contributed by atoms with Crippen molar-refractivity contribution in [2.45, 2.75) is 0 Å². The smallest absolute Gasteiger partial charge is 0.239 e. The molecule has 1 aliphatic rings. The molecule has 1 saturated heterocycles. The van der Waals surface area contributed by atoms with Crippen LogP contribution in [0.3, 0.4) is 0 Å². The Morgan fingerprint density at radius 1 is 1.16 bits per heavy atom. The quantitative estimate of drug-likeness (QED) is 0.871. The number of carbonyl (C=O) groups is 1. The van der Waals surface area contributed by atoms with Gasteiger partial charge in [0.25, 0.3) is 0 Å². The summed E-state index contributed by atoms with van der Waals surface area (Å²) in [7, 11) is 0. The monoisotopic (exact) mass is 254 g/mol. The van der Waals surface area contributed by atoms with Crippen LogP contribution < -0.4 is 10.2 Å². The highest BCUT2D eigenvalue weighted by Crippen LogP contribution is 2.20. The minimum Gasteiger partial charge on any atom is -0.353 e. The molecule has 2 aromatic rings. The molecule has 0 aliphatic carbocycles. The number of rotatable bonds is 2. The molecule has 3 rings (SSSR count). The molecule has 2 heterocycles. The van der Waals surface area contributed by atoms with Crippen molar-refractivity contribution in [1.29, 1.82) is 0 Å².